The van der Waals surface area contributed by atoms with Gasteiger partial charge in [0.25, 0.3) is 0 Å². The number of unbranched alkanes of at least 4 members (excludes halogenated alkanes) is 2. The summed E-state index contributed by atoms with van der Waals surface area (Å²) in [6, 6.07) is -20.2. The number of guanidine groups is 1. The molecular formula is C68H119N19O23. The number of hydrogen-bond donors (Lipinski definition) is 23. The zero-order valence-electron chi connectivity index (χ0n) is 64.1. The van der Waals surface area contributed by atoms with E-state index >= 15 is 0 Å². The maximum Gasteiger partial charge on any atom is 0.325 e. The van der Waals surface area contributed by atoms with Crippen LogP contribution in [0.15, 0.2) is 4.99 Å². The van der Waals surface area contributed by atoms with Gasteiger partial charge in [0.1, 0.15) is 72.5 Å². The van der Waals surface area contributed by atoms with Crippen LogP contribution in [0.3, 0.4) is 0 Å². The molecule has 0 aliphatic heterocycles. The molecule has 13 amide bonds. The summed E-state index contributed by atoms with van der Waals surface area (Å²) in [7, 11) is 0. The van der Waals surface area contributed by atoms with E-state index in [4.69, 9.17) is 39.5 Å². The van der Waals surface area contributed by atoms with E-state index in [1.165, 1.54) is 34.6 Å². The Balaban J connectivity index is 7.36. The number of carbonyl (C=O) groups is 18. The number of aliphatic carboxylic acids is 5. The fourth-order valence-corrected chi connectivity index (χ4v) is 10.7. The van der Waals surface area contributed by atoms with Crippen molar-refractivity contribution in [3.63, 3.8) is 0 Å². The molecule has 0 aliphatic rings. The number of nitrogens with zero attached hydrogens (tertiary/aromatic N) is 1. The first kappa shape index (κ1) is 99.6. The second kappa shape index (κ2) is 52.6. The van der Waals surface area contributed by atoms with Gasteiger partial charge in [0.2, 0.25) is 76.8 Å². The predicted octanol–water partition coefficient (Wildman–Crippen LogP) is -5.32. The second-order valence-corrected chi connectivity index (χ2v) is 28.2. The van der Waals surface area contributed by atoms with Crippen molar-refractivity contribution in [1.82, 2.24) is 63.8 Å². The summed E-state index contributed by atoms with van der Waals surface area (Å²) in [6.45, 7) is 14.2. The van der Waals surface area contributed by atoms with Crippen molar-refractivity contribution in [2.75, 3.05) is 19.6 Å². The van der Waals surface area contributed by atoms with Gasteiger partial charge in [-0.15, -0.1) is 0 Å². The molecule has 0 heterocycles. The molecule has 29 N–H and O–H groups in total. The average molecular weight is 1570 g/mol. The SMILES string of the molecule is CC(C)C[C@H](NC(=O)[C@H](CCC(N)=O)NC(=O)[C@H](CCCCN)NC(=O)[C@H](CCC(=O)O)NC(=O)[C@H](CCCN=C(N)N)NC(=O)[C@@H](NC(=O)[C@H](CCCCN)NC(=O)[C@@H](NC(=O)[C@H](CC(C)C)NC(=O)[C@H](CCC(=O)O)NC(=O)[C@H](CCC(=O)O)NC(=O)[C@@H](N)CCC(=O)O)C(C)C)C(C)C)C(=O)N[C@@H](C)C(=O)O. The zero-order valence-corrected chi connectivity index (χ0v) is 64.1. The van der Waals surface area contributed by atoms with E-state index in [1.54, 1.807) is 27.7 Å². The highest BCUT2D eigenvalue weighted by Gasteiger charge is 2.39. The van der Waals surface area contributed by atoms with E-state index in [0.29, 0.717) is 12.8 Å². The Labute approximate surface area is 638 Å². The van der Waals surface area contributed by atoms with Crippen molar-refractivity contribution in [3.05, 3.63) is 0 Å². The molecule has 624 valence electrons. The Kier molecular flexibility index (Phi) is 47.7. The Morgan fingerprint density at radius 3 is 0.864 bits per heavy atom. The third-order valence-corrected chi connectivity index (χ3v) is 16.8. The molecule has 0 aromatic rings. The summed E-state index contributed by atoms with van der Waals surface area (Å²) < 4.78 is 0. The number of aliphatic imine (C=N–C) groups is 1. The van der Waals surface area contributed by atoms with Gasteiger partial charge in [-0.05, 0) is 140 Å². The smallest absolute Gasteiger partial charge is 0.325 e. The number of nitrogens with one attached hydrogen (secondary N) is 12. The van der Waals surface area contributed by atoms with Gasteiger partial charge in [-0.1, -0.05) is 55.4 Å². The maximum absolute atomic E-state index is 14.6. The van der Waals surface area contributed by atoms with Crippen LogP contribution in [-0.4, -0.2) is 236 Å². The van der Waals surface area contributed by atoms with Crippen LogP contribution in [0.4, 0.5) is 0 Å². The van der Waals surface area contributed by atoms with E-state index in [-0.39, 0.29) is 95.2 Å². The van der Waals surface area contributed by atoms with Gasteiger partial charge in [0.05, 0.1) is 6.04 Å². The van der Waals surface area contributed by atoms with Gasteiger partial charge in [-0.25, -0.2) is 0 Å². The van der Waals surface area contributed by atoms with Crippen molar-refractivity contribution >= 4 is 113 Å². The molecule has 0 aromatic carbocycles. The zero-order chi connectivity index (χ0) is 84.2. The summed E-state index contributed by atoms with van der Waals surface area (Å²) in [4.78, 5) is 243. The number of primary amides is 1. The van der Waals surface area contributed by atoms with Crippen molar-refractivity contribution < 1.29 is 112 Å². The Morgan fingerprint density at radius 2 is 0.573 bits per heavy atom. The third kappa shape index (κ3) is 41.8. The summed E-state index contributed by atoms with van der Waals surface area (Å²) in [5.41, 5.74) is 33.9. The molecule has 0 bridgehead atoms. The number of nitrogens with two attached hydrogens (primary N) is 6. The molecule has 0 radical (unpaired) electrons. The first-order valence-electron chi connectivity index (χ1n) is 36.6. The number of carboxylic acids is 5. The molecule has 42 nitrogen and oxygen atoms in total. The monoisotopic (exact) mass is 1570 g/mol. The highest BCUT2D eigenvalue weighted by atomic mass is 16.4. The number of rotatable bonds is 58. The first-order chi connectivity index (χ1) is 51.3. The van der Waals surface area contributed by atoms with Gasteiger partial charge < -0.3 is 124 Å². The van der Waals surface area contributed by atoms with E-state index in [0.717, 1.165) is 0 Å². The van der Waals surface area contributed by atoms with Gasteiger partial charge in [-0.3, -0.25) is 91.3 Å². The van der Waals surface area contributed by atoms with Crippen LogP contribution in [0.2, 0.25) is 0 Å². The maximum atomic E-state index is 14.6. The standard InChI is InChI=1S/C68H119N19O23/c1-33(2)31-46(63(105)76-37(9)67(109)110)84-60(102)42(19-23-48(72)88)79-56(98)39(15-10-12-28-69)78-59(101)44(21-26-51(93)94)80-57(99)41(17-14-30-75-68(73)74)83-65(107)53(35(5)6)86-62(104)40(16-11-13-29-70)82-66(108)54(36(7)8)87-64(106)47(32-34(3)4)85-61(103)45(22-27-52(95)96)81-58(100)43(20-25-50(91)92)77-55(97)38(71)18-24-49(89)90/h33-47,53-54H,10-32,69-71H2,1-9H3,(H2,72,88)(H,76,105)(H,77,97)(H,78,101)(H,79,98)(H,80,99)(H,81,100)(H,82,108)(H,83,107)(H,84,102)(H,85,103)(H,86,104)(H,87,106)(H,89,90)(H,91,92)(H,93,94)(H,95,96)(H,109,110)(H4,73,74,75)/t37-,38-,39-,40-,41-,42-,43-,44-,45-,46-,47-,53-,54-/m0/s1. The van der Waals surface area contributed by atoms with Crippen LogP contribution >= 0.6 is 0 Å². The van der Waals surface area contributed by atoms with Crippen molar-refractivity contribution in [2.24, 2.45) is 63.1 Å². The predicted molar refractivity (Wildman–Crippen MR) is 395 cm³/mol. The largest absolute Gasteiger partial charge is 0.481 e. The molecule has 0 aromatic heterocycles. The first-order valence-corrected chi connectivity index (χ1v) is 36.6. The normalized spacial score (nSPS) is 14.7. The van der Waals surface area contributed by atoms with Crippen molar-refractivity contribution in [1.29, 1.82) is 0 Å². The van der Waals surface area contributed by atoms with E-state index in [9.17, 15) is 107 Å². The van der Waals surface area contributed by atoms with E-state index in [2.05, 4.69) is 68.8 Å². The van der Waals surface area contributed by atoms with Crippen LogP contribution in [0.5, 0.6) is 0 Å². The Hall–Kier alpha value is -10.4. The van der Waals surface area contributed by atoms with E-state index < -0.39 is 255 Å². The molecule has 0 saturated heterocycles. The van der Waals surface area contributed by atoms with Crippen LogP contribution in [-0.2, 0) is 86.3 Å². The lowest BCUT2D eigenvalue weighted by molar-refractivity contribution is -0.142. The van der Waals surface area contributed by atoms with Gasteiger partial charge in [-0.2, -0.15) is 0 Å². The van der Waals surface area contributed by atoms with Crippen LogP contribution in [0.1, 0.15) is 191 Å². The van der Waals surface area contributed by atoms with E-state index in [1.807, 2.05) is 0 Å². The summed E-state index contributed by atoms with van der Waals surface area (Å²) in [6.07, 6.45) is -5.57. The molecule has 0 aliphatic carbocycles. The molecule has 42 heteroatoms. The van der Waals surface area contributed by atoms with Crippen molar-refractivity contribution in [3.8, 4) is 0 Å². The molecule has 0 saturated carbocycles. The topological polar surface area (TPSA) is 721 Å². The van der Waals surface area contributed by atoms with Gasteiger partial charge >= 0.3 is 29.8 Å². The highest BCUT2D eigenvalue weighted by Crippen LogP contribution is 2.16. The van der Waals surface area contributed by atoms with Crippen LogP contribution < -0.4 is 98.2 Å². The third-order valence-electron chi connectivity index (χ3n) is 16.8. The molecule has 0 unspecified atom stereocenters. The van der Waals surface area contributed by atoms with Crippen LogP contribution in [0, 0.1) is 23.7 Å². The van der Waals surface area contributed by atoms with Crippen molar-refractivity contribution in [2.45, 2.75) is 269 Å². The van der Waals surface area contributed by atoms with Gasteiger partial charge in [0.15, 0.2) is 5.96 Å². The minimum atomic E-state index is -1.79. The average Bonchev–Trinajstić information content (AvgIpc) is 0.853. The minimum absolute atomic E-state index is 0.00734. The second-order valence-electron chi connectivity index (χ2n) is 28.2. The van der Waals surface area contributed by atoms with Crippen LogP contribution in [0.25, 0.3) is 0 Å². The lowest BCUT2D eigenvalue weighted by Crippen LogP contribution is -2.62. The van der Waals surface area contributed by atoms with Gasteiger partial charge in [0, 0.05) is 38.6 Å². The fraction of sp³-hybridized carbons (Fsp3) is 0.721. The Bertz CT molecular complexity index is 3150. The molecule has 0 rings (SSSR count). The number of carboxylic acid groups (broad SMARTS) is 5. The lowest BCUT2D eigenvalue weighted by Gasteiger charge is -2.30. The number of hydrogen-bond acceptors (Lipinski definition) is 22. The fourth-order valence-electron chi connectivity index (χ4n) is 10.7. The molecule has 0 fully saturated rings. The molecule has 110 heavy (non-hydrogen) atoms. The summed E-state index contributed by atoms with van der Waals surface area (Å²) in [5, 5.41) is 76.9. The summed E-state index contributed by atoms with van der Waals surface area (Å²) >= 11 is 0. The minimum Gasteiger partial charge on any atom is -0.481 e. The molecule has 0 spiro atoms. The molecule has 13 atom stereocenters. The Morgan fingerprint density at radius 1 is 0.309 bits per heavy atom. The molecular weight excluding hydrogens is 1450 g/mol. The quantitative estimate of drug-likeness (QED) is 0.0154. The highest BCUT2D eigenvalue weighted by molar-refractivity contribution is 6.00. The number of amides is 13. The number of carbonyl (C=O) groups excluding carboxylic acids is 13. The summed E-state index contributed by atoms with van der Waals surface area (Å²) in [5.74, 6) is -22.7. The lowest BCUT2D eigenvalue weighted by atomic mass is 9.98.